The lowest BCUT2D eigenvalue weighted by molar-refractivity contribution is 0.128. The number of nitrogens with one attached hydrogen (secondary N) is 1. The van der Waals surface area contributed by atoms with Gasteiger partial charge in [0.25, 0.3) is 0 Å². The van der Waals surface area contributed by atoms with E-state index in [-0.39, 0.29) is 0 Å². The Morgan fingerprint density at radius 1 is 1.38 bits per heavy atom. The van der Waals surface area contributed by atoms with Crippen molar-refractivity contribution >= 4 is 22.4 Å². The van der Waals surface area contributed by atoms with Crippen LogP contribution in [0.1, 0.15) is 17.3 Å². The molecule has 0 aliphatic rings. The second-order valence-corrected chi connectivity index (χ2v) is 4.18. The summed E-state index contributed by atoms with van der Waals surface area (Å²) in [7, 11) is 0. The molecule has 2 rings (SSSR count). The molecule has 84 valence electrons. The van der Waals surface area contributed by atoms with Crippen molar-refractivity contribution in [2.45, 2.75) is 13.1 Å². The van der Waals surface area contributed by atoms with Gasteiger partial charge in [0.1, 0.15) is 6.17 Å². The van der Waals surface area contributed by atoms with E-state index in [9.17, 15) is 0 Å². The highest BCUT2D eigenvalue weighted by Gasteiger charge is 2.09. The van der Waals surface area contributed by atoms with Crippen LogP contribution >= 0.6 is 11.6 Å². The molecule has 0 heterocycles. The van der Waals surface area contributed by atoms with E-state index in [0.29, 0.717) is 0 Å². The molecule has 4 heteroatoms. The third-order valence-electron chi connectivity index (χ3n) is 2.69. The molecule has 0 radical (unpaired) electrons. The van der Waals surface area contributed by atoms with Gasteiger partial charge in [-0.2, -0.15) is 5.48 Å². The van der Waals surface area contributed by atoms with Gasteiger partial charge >= 0.3 is 0 Å². The highest BCUT2D eigenvalue weighted by Crippen LogP contribution is 2.27. The largest absolute Gasteiger partial charge is 0.315 e. The molecule has 3 nitrogen and oxygen atoms in total. The van der Waals surface area contributed by atoms with Gasteiger partial charge in [-0.3, -0.25) is 0 Å². The molecule has 0 aromatic heterocycles. The van der Waals surface area contributed by atoms with Crippen molar-refractivity contribution in [1.82, 2.24) is 5.48 Å². The number of benzene rings is 2. The summed E-state index contributed by atoms with van der Waals surface area (Å²) in [6.45, 7) is 1.94. The zero-order valence-electron chi connectivity index (χ0n) is 8.87. The number of halogens is 1. The van der Waals surface area contributed by atoms with E-state index < -0.39 is 6.17 Å². The molecular formula is C12H13ClN2O. The Kier molecular flexibility index (Phi) is 3.12. The SMILES string of the molecule is Cc1cc2c(Cl)cccc2cc1C(N)NO. The molecule has 0 spiro atoms. The second kappa shape index (κ2) is 4.39. The topological polar surface area (TPSA) is 58.3 Å². The molecule has 0 bridgehead atoms. The Morgan fingerprint density at radius 3 is 2.81 bits per heavy atom. The summed E-state index contributed by atoms with van der Waals surface area (Å²) in [6, 6.07) is 9.62. The quantitative estimate of drug-likeness (QED) is 0.555. The van der Waals surface area contributed by atoms with Crippen molar-refractivity contribution in [3.63, 3.8) is 0 Å². The van der Waals surface area contributed by atoms with E-state index >= 15 is 0 Å². The molecule has 0 saturated heterocycles. The molecule has 2 aromatic carbocycles. The Hall–Kier alpha value is -1.13. The second-order valence-electron chi connectivity index (χ2n) is 3.78. The predicted molar refractivity (Wildman–Crippen MR) is 65.5 cm³/mol. The minimum absolute atomic E-state index is 0.580. The zero-order chi connectivity index (χ0) is 11.7. The molecule has 0 amide bonds. The van der Waals surface area contributed by atoms with Gasteiger partial charge in [-0.15, -0.1) is 0 Å². The molecular weight excluding hydrogens is 224 g/mol. The average molecular weight is 237 g/mol. The van der Waals surface area contributed by atoms with Crippen LogP contribution in [0.15, 0.2) is 30.3 Å². The number of hydrogen-bond acceptors (Lipinski definition) is 3. The lowest BCUT2D eigenvalue weighted by Gasteiger charge is -2.14. The summed E-state index contributed by atoms with van der Waals surface area (Å²) in [4.78, 5) is 0. The first-order chi connectivity index (χ1) is 7.63. The molecule has 1 atom stereocenters. The fraction of sp³-hybridized carbons (Fsp3) is 0.167. The highest BCUT2D eigenvalue weighted by atomic mass is 35.5. The molecule has 0 aliphatic carbocycles. The van der Waals surface area contributed by atoms with Crippen LogP contribution in [0.25, 0.3) is 10.8 Å². The fourth-order valence-corrected chi connectivity index (χ4v) is 2.05. The summed E-state index contributed by atoms with van der Waals surface area (Å²) in [5.74, 6) is 0. The molecule has 2 aromatic rings. The van der Waals surface area contributed by atoms with Crippen LogP contribution in [0, 0.1) is 6.92 Å². The van der Waals surface area contributed by atoms with Crippen molar-refractivity contribution < 1.29 is 5.21 Å². The summed E-state index contributed by atoms with van der Waals surface area (Å²) in [6.07, 6.45) is -0.580. The molecule has 1 unspecified atom stereocenters. The van der Waals surface area contributed by atoms with Crippen LogP contribution in [0.5, 0.6) is 0 Å². The monoisotopic (exact) mass is 236 g/mol. The summed E-state index contributed by atoms with van der Waals surface area (Å²) < 4.78 is 0. The van der Waals surface area contributed by atoms with Crippen LogP contribution in [0.2, 0.25) is 5.02 Å². The zero-order valence-corrected chi connectivity index (χ0v) is 9.62. The summed E-state index contributed by atoms with van der Waals surface area (Å²) in [5, 5.41) is 11.6. The Bertz CT molecular complexity index is 528. The van der Waals surface area contributed by atoms with Crippen LogP contribution < -0.4 is 11.2 Å². The van der Waals surface area contributed by atoms with E-state index in [4.69, 9.17) is 22.5 Å². The fourth-order valence-electron chi connectivity index (χ4n) is 1.82. The molecule has 0 saturated carbocycles. The normalized spacial score (nSPS) is 13.0. The number of nitrogens with two attached hydrogens (primary N) is 1. The Balaban J connectivity index is 2.67. The minimum atomic E-state index is -0.580. The van der Waals surface area contributed by atoms with Gasteiger partial charge in [0.15, 0.2) is 0 Å². The van der Waals surface area contributed by atoms with E-state index in [1.807, 2.05) is 42.7 Å². The van der Waals surface area contributed by atoms with Crippen LogP contribution in [-0.4, -0.2) is 5.21 Å². The highest BCUT2D eigenvalue weighted by molar-refractivity contribution is 6.35. The number of hydroxylamine groups is 1. The van der Waals surface area contributed by atoms with Gasteiger partial charge in [-0.1, -0.05) is 23.7 Å². The maximum atomic E-state index is 8.84. The van der Waals surface area contributed by atoms with E-state index in [1.54, 1.807) is 0 Å². The minimum Gasteiger partial charge on any atom is -0.315 e. The maximum Gasteiger partial charge on any atom is 0.104 e. The van der Waals surface area contributed by atoms with E-state index in [2.05, 4.69) is 0 Å². The molecule has 0 aliphatic heterocycles. The van der Waals surface area contributed by atoms with Gasteiger partial charge in [0.2, 0.25) is 0 Å². The number of aryl methyl sites for hydroxylation is 1. The van der Waals surface area contributed by atoms with Gasteiger partial charge in [-0.25, -0.2) is 0 Å². The van der Waals surface area contributed by atoms with Crippen LogP contribution in [0.3, 0.4) is 0 Å². The van der Waals surface area contributed by atoms with Crippen LogP contribution in [-0.2, 0) is 0 Å². The average Bonchev–Trinajstić information content (AvgIpc) is 2.29. The Labute approximate surface area is 98.8 Å². The van der Waals surface area contributed by atoms with E-state index in [0.717, 1.165) is 26.9 Å². The summed E-state index contributed by atoms with van der Waals surface area (Å²) >= 11 is 6.10. The Morgan fingerprint density at radius 2 is 2.12 bits per heavy atom. The van der Waals surface area contributed by atoms with Crippen LogP contribution in [0.4, 0.5) is 0 Å². The third-order valence-corrected chi connectivity index (χ3v) is 3.02. The third kappa shape index (κ3) is 1.90. The van der Waals surface area contributed by atoms with E-state index in [1.165, 1.54) is 0 Å². The van der Waals surface area contributed by atoms with Crippen molar-refractivity contribution in [3.05, 3.63) is 46.5 Å². The standard InChI is InChI=1S/C12H13ClN2O/c1-7-5-10-8(3-2-4-11(10)13)6-9(7)12(14)15-16/h2-6,12,15-16H,14H2,1H3. The summed E-state index contributed by atoms with van der Waals surface area (Å²) in [5.41, 5.74) is 9.63. The number of fused-ring (bicyclic) bond motifs is 1. The van der Waals surface area contributed by atoms with Crippen molar-refractivity contribution in [1.29, 1.82) is 0 Å². The maximum absolute atomic E-state index is 8.84. The van der Waals surface area contributed by atoms with Gasteiger partial charge in [0.05, 0.1) is 0 Å². The molecule has 0 fully saturated rings. The van der Waals surface area contributed by atoms with Gasteiger partial charge in [0, 0.05) is 10.4 Å². The lowest BCUT2D eigenvalue weighted by atomic mass is 10.0. The first kappa shape index (κ1) is 11.4. The van der Waals surface area contributed by atoms with Gasteiger partial charge in [-0.05, 0) is 41.6 Å². The smallest absolute Gasteiger partial charge is 0.104 e. The predicted octanol–water partition coefficient (Wildman–Crippen LogP) is 2.74. The van der Waals surface area contributed by atoms with Crippen molar-refractivity contribution in [2.75, 3.05) is 0 Å². The first-order valence-electron chi connectivity index (χ1n) is 4.97. The van der Waals surface area contributed by atoms with Crippen molar-refractivity contribution in [3.8, 4) is 0 Å². The number of rotatable bonds is 2. The first-order valence-corrected chi connectivity index (χ1v) is 5.35. The lowest BCUT2D eigenvalue weighted by Crippen LogP contribution is -2.26. The molecule has 16 heavy (non-hydrogen) atoms. The van der Waals surface area contributed by atoms with Gasteiger partial charge < -0.3 is 10.9 Å². The molecule has 4 N–H and O–H groups in total. The number of hydrogen-bond donors (Lipinski definition) is 3. The van der Waals surface area contributed by atoms with Crippen molar-refractivity contribution in [2.24, 2.45) is 5.73 Å².